The molecule has 5 heteroatoms. The number of fused-ring (bicyclic) bond motifs is 15. The van der Waals surface area contributed by atoms with Gasteiger partial charge in [0.2, 0.25) is 0 Å². The van der Waals surface area contributed by atoms with Crippen LogP contribution in [0.1, 0.15) is 27.8 Å². The average molecular weight is 1670 g/mol. The Morgan fingerprint density at radius 2 is 0.354 bits per heavy atom. The van der Waals surface area contributed by atoms with E-state index in [1.54, 1.807) is 0 Å². The van der Waals surface area contributed by atoms with E-state index in [4.69, 9.17) is 0 Å². The molecule has 5 aromatic heterocycles. The third-order valence-electron chi connectivity index (χ3n) is 25.4. The monoisotopic (exact) mass is 1670 g/mol. The van der Waals surface area contributed by atoms with Gasteiger partial charge in [-0.2, -0.15) is 0 Å². The summed E-state index contributed by atoms with van der Waals surface area (Å²) < 4.78 is 11.8. The molecule has 0 saturated carbocycles. The third kappa shape index (κ3) is 15.6. The molecule has 0 unspecified atom stereocenters. The Hall–Kier alpha value is -16.6. The van der Waals surface area contributed by atoms with Gasteiger partial charge >= 0.3 is 0 Å². The van der Waals surface area contributed by atoms with Gasteiger partial charge in [0.25, 0.3) is 0 Å². The maximum Gasteiger partial charge on any atom is 0.0547 e. The molecule has 0 N–H and O–H groups in total. The summed E-state index contributed by atoms with van der Waals surface area (Å²) in [7, 11) is 0. The van der Waals surface area contributed by atoms with Crippen LogP contribution in [0.25, 0.3) is 193 Å². The summed E-state index contributed by atoms with van der Waals surface area (Å²) in [6.45, 7) is 10.8. The minimum absolute atomic E-state index is 1.19. The molecule has 5 nitrogen and oxygen atoms in total. The normalized spacial score (nSPS) is 11.3. The van der Waals surface area contributed by atoms with Crippen molar-refractivity contribution >= 4 is 109 Å². The van der Waals surface area contributed by atoms with Gasteiger partial charge in [-0.25, -0.2) is 0 Å². The van der Waals surface area contributed by atoms with E-state index >= 15 is 0 Å². The van der Waals surface area contributed by atoms with Crippen LogP contribution in [-0.4, -0.2) is 22.8 Å². The van der Waals surface area contributed by atoms with E-state index in [-0.39, 0.29) is 0 Å². The lowest BCUT2D eigenvalue weighted by atomic mass is 9.99. The van der Waals surface area contributed by atoms with E-state index in [2.05, 4.69) is 543 Å². The minimum Gasteiger partial charge on any atom is -0.309 e. The summed E-state index contributed by atoms with van der Waals surface area (Å²) in [5, 5.41) is 12.9. The lowest BCUT2D eigenvalue weighted by Gasteiger charge is -2.10. The Morgan fingerprint density at radius 3 is 0.708 bits per heavy atom. The molecule has 0 fully saturated rings. The Kier molecular flexibility index (Phi) is 21.9. The Balaban J connectivity index is 0.0000000983. The largest absolute Gasteiger partial charge is 0.309 e. The second kappa shape index (κ2) is 35.4. The minimum atomic E-state index is 1.19. The molecule has 0 saturated heterocycles. The van der Waals surface area contributed by atoms with Gasteiger partial charge in [-0.15, -0.1) is 0 Å². The summed E-state index contributed by atoms with van der Waals surface area (Å²) in [6, 6.07) is 174. The van der Waals surface area contributed by atoms with Gasteiger partial charge in [0.05, 0.1) is 55.2 Å². The number of hydrogen-bond donors (Lipinski definition) is 0. The van der Waals surface area contributed by atoms with Gasteiger partial charge in [0, 0.05) is 82.3 Å². The van der Waals surface area contributed by atoms with E-state index < -0.39 is 0 Å². The number of rotatable bonds is 10. The summed E-state index contributed by atoms with van der Waals surface area (Å²) >= 11 is 0. The molecular formula is C125H95N5. The molecule has 620 valence electrons. The smallest absolute Gasteiger partial charge is 0.0547 e. The number of para-hydroxylation sites is 10. The quantitative estimate of drug-likeness (QED) is 0.130. The number of hydrogen-bond acceptors (Lipinski definition) is 0. The van der Waals surface area contributed by atoms with Crippen molar-refractivity contribution in [3.05, 3.63) is 513 Å². The van der Waals surface area contributed by atoms with Crippen LogP contribution in [0.3, 0.4) is 0 Å². The molecule has 25 aromatic rings. The van der Waals surface area contributed by atoms with E-state index in [1.807, 2.05) is 0 Å². The van der Waals surface area contributed by atoms with E-state index in [0.29, 0.717) is 0 Å². The fraction of sp³-hybridized carbons (Fsp3) is 0.0400. The summed E-state index contributed by atoms with van der Waals surface area (Å²) in [6.07, 6.45) is 0. The first-order valence-electron chi connectivity index (χ1n) is 44.9. The molecular weight excluding hydrogens is 1570 g/mol. The zero-order valence-corrected chi connectivity index (χ0v) is 73.4. The first-order chi connectivity index (χ1) is 64.1. The molecule has 0 atom stereocenters. The van der Waals surface area contributed by atoms with Crippen LogP contribution >= 0.6 is 0 Å². The van der Waals surface area contributed by atoms with Crippen LogP contribution in [0.4, 0.5) is 0 Å². The lowest BCUT2D eigenvalue weighted by molar-refractivity contribution is 1.18. The fourth-order valence-corrected chi connectivity index (χ4v) is 19.2. The van der Waals surface area contributed by atoms with Crippen LogP contribution < -0.4 is 0 Å². The number of aryl methyl sites for hydroxylation is 5. The van der Waals surface area contributed by atoms with Gasteiger partial charge < -0.3 is 22.8 Å². The molecule has 25 rings (SSSR count). The first kappa shape index (κ1) is 80.5. The van der Waals surface area contributed by atoms with Crippen LogP contribution in [0.2, 0.25) is 0 Å². The van der Waals surface area contributed by atoms with Crippen molar-refractivity contribution < 1.29 is 0 Å². The predicted octanol–water partition coefficient (Wildman–Crippen LogP) is 33.8. The molecule has 5 heterocycles. The third-order valence-corrected chi connectivity index (χ3v) is 25.4. The second-order valence-corrected chi connectivity index (χ2v) is 33.8. The fourth-order valence-electron chi connectivity index (χ4n) is 19.2. The van der Waals surface area contributed by atoms with Crippen LogP contribution in [0.5, 0.6) is 0 Å². The van der Waals surface area contributed by atoms with Crippen LogP contribution in [0, 0.1) is 34.6 Å². The van der Waals surface area contributed by atoms with Crippen molar-refractivity contribution in [2.75, 3.05) is 0 Å². The van der Waals surface area contributed by atoms with Crippen molar-refractivity contribution in [2.45, 2.75) is 34.6 Å². The van der Waals surface area contributed by atoms with Crippen LogP contribution in [0.15, 0.2) is 485 Å². The summed E-state index contributed by atoms with van der Waals surface area (Å²) in [5.74, 6) is 0. The van der Waals surface area contributed by atoms with Crippen LogP contribution in [-0.2, 0) is 0 Å². The predicted molar refractivity (Wildman–Crippen MR) is 555 cm³/mol. The number of nitrogens with zero attached hydrogens (tertiary/aromatic N) is 5. The average Bonchev–Trinajstić information content (AvgIpc) is 1.62. The van der Waals surface area contributed by atoms with Crippen molar-refractivity contribution in [2.24, 2.45) is 0 Å². The Bertz CT molecular complexity index is 8420. The van der Waals surface area contributed by atoms with E-state index in [0.717, 1.165) is 0 Å². The molecule has 0 bridgehead atoms. The molecule has 0 spiro atoms. The van der Waals surface area contributed by atoms with Gasteiger partial charge in [-0.1, -0.05) is 362 Å². The highest BCUT2D eigenvalue weighted by molar-refractivity contribution is 6.15. The van der Waals surface area contributed by atoms with Crippen molar-refractivity contribution in [3.8, 4) is 84.1 Å². The van der Waals surface area contributed by atoms with Crippen molar-refractivity contribution in [3.63, 3.8) is 0 Å². The standard InChI is InChI=1S/5C25H19N/c1-18-8-7-9-19(16-18)20-14-15-25-23(17-20)22-12-5-6-13-24(22)26(25)21-10-3-2-4-11-21;1-18-8-7-9-19(16-18)20-14-15-23-22-12-5-6-13-24(22)26(25(23)17-20)21-10-3-2-4-11-21;1-18-9-5-6-12-21(18)19-15-16-25-23(17-19)22-13-7-8-14-24(22)26(25)20-10-3-2-4-11-20;1-18-9-5-6-12-21(18)19-15-16-23-22-13-7-8-14-24(22)26(25(23)17-19)20-10-3-2-4-11-20;1-18-11-13-19(14-12-18)20-15-16-25-23(17-20)22-9-5-6-10-24(22)26(25)21-7-3-2-4-8-21/h5*2-17H,1H3. The topological polar surface area (TPSA) is 24.6 Å². The lowest BCUT2D eigenvalue weighted by Crippen LogP contribution is -1.93. The maximum absolute atomic E-state index is 2.37. The molecule has 0 amide bonds. The first-order valence-corrected chi connectivity index (χ1v) is 44.9. The maximum atomic E-state index is 2.37. The molecule has 0 aliphatic rings. The summed E-state index contributed by atoms with van der Waals surface area (Å²) in [4.78, 5) is 0. The number of benzene rings is 20. The van der Waals surface area contributed by atoms with Crippen molar-refractivity contribution in [1.82, 2.24) is 22.8 Å². The highest BCUT2D eigenvalue weighted by Gasteiger charge is 2.20. The molecule has 20 aromatic carbocycles. The SMILES string of the molecule is Cc1ccc(-c2ccc3c(c2)c2ccccc2n3-c2ccccc2)cc1.Cc1cccc(-c2ccc3c(c2)c2ccccc2n3-c2ccccc2)c1.Cc1cccc(-c2ccc3c4ccccc4n(-c4ccccc4)c3c2)c1.Cc1ccccc1-c1ccc2c(c1)c1ccccc1n2-c1ccccc1.Cc1ccccc1-c1ccc2c3ccccc3n(-c3ccccc3)c2c1. The van der Waals surface area contributed by atoms with E-state index in [1.165, 1.54) is 221 Å². The van der Waals surface area contributed by atoms with Gasteiger partial charge in [0.1, 0.15) is 0 Å². The van der Waals surface area contributed by atoms with E-state index in [9.17, 15) is 0 Å². The summed E-state index contributed by atoms with van der Waals surface area (Å²) in [5.41, 5.74) is 37.6. The van der Waals surface area contributed by atoms with Crippen molar-refractivity contribution in [1.29, 1.82) is 0 Å². The highest BCUT2D eigenvalue weighted by Crippen LogP contribution is 2.42. The van der Waals surface area contributed by atoms with Gasteiger partial charge in [-0.05, 0) is 241 Å². The van der Waals surface area contributed by atoms with Gasteiger partial charge in [-0.3, -0.25) is 0 Å². The number of aromatic nitrogens is 5. The molecule has 0 aliphatic carbocycles. The Morgan fingerprint density at radius 1 is 0.123 bits per heavy atom. The highest BCUT2D eigenvalue weighted by atomic mass is 15.0. The second-order valence-electron chi connectivity index (χ2n) is 33.8. The zero-order valence-electron chi connectivity index (χ0n) is 73.4. The zero-order chi connectivity index (χ0) is 87.5. The molecule has 0 radical (unpaired) electrons. The molecule has 130 heavy (non-hydrogen) atoms. The van der Waals surface area contributed by atoms with Gasteiger partial charge in [0.15, 0.2) is 0 Å². The molecule has 0 aliphatic heterocycles. The Labute approximate surface area is 758 Å².